The first kappa shape index (κ1) is 25.6. The van der Waals surface area contributed by atoms with Crippen LogP contribution in [0.3, 0.4) is 0 Å². The average molecular weight is 505 g/mol. The highest BCUT2D eigenvalue weighted by Gasteiger charge is 2.36. The van der Waals surface area contributed by atoms with Crippen molar-refractivity contribution in [2.75, 3.05) is 47.6 Å². The molecule has 0 unspecified atom stereocenters. The number of thioether (sulfide) groups is 1. The summed E-state index contributed by atoms with van der Waals surface area (Å²) in [4.78, 5) is 30.4. The summed E-state index contributed by atoms with van der Waals surface area (Å²) in [6.07, 6.45) is 0.829. The maximum absolute atomic E-state index is 13.3. The Hall–Kier alpha value is -4.06. The number of carbonyl (C=O) groups is 2. The van der Waals surface area contributed by atoms with E-state index in [1.807, 2.05) is 0 Å². The maximum atomic E-state index is 13.3. The van der Waals surface area contributed by atoms with Gasteiger partial charge in [0.05, 0.1) is 58.9 Å². The van der Waals surface area contributed by atoms with E-state index in [0.29, 0.717) is 45.9 Å². The predicted molar refractivity (Wildman–Crippen MR) is 130 cm³/mol. The van der Waals surface area contributed by atoms with Crippen LogP contribution in [0.15, 0.2) is 40.2 Å². The first-order valence-corrected chi connectivity index (χ1v) is 10.8. The molecule has 186 valence electrons. The van der Waals surface area contributed by atoms with Gasteiger partial charge in [0, 0.05) is 30.3 Å². The number of carboxylic acid groups (broad SMARTS) is 1. The monoisotopic (exact) mass is 504 g/mol. The van der Waals surface area contributed by atoms with E-state index >= 15 is 0 Å². The molecule has 1 N–H and O–H groups in total. The van der Waals surface area contributed by atoms with Gasteiger partial charge in [-0.05, 0) is 11.8 Å². The van der Waals surface area contributed by atoms with Crippen molar-refractivity contribution in [2.45, 2.75) is 0 Å². The van der Waals surface area contributed by atoms with Crippen molar-refractivity contribution < 1.29 is 43.1 Å². The number of benzene rings is 2. The zero-order chi connectivity index (χ0) is 25.7. The fraction of sp³-hybridized carbons (Fsp3) is 0.261. The molecule has 35 heavy (non-hydrogen) atoms. The summed E-state index contributed by atoms with van der Waals surface area (Å²) in [6, 6.07) is 6.33. The van der Waals surface area contributed by atoms with Gasteiger partial charge >= 0.3 is 5.97 Å². The normalized spacial score (nSPS) is 15.4. The van der Waals surface area contributed by atoms with Crippen LogP contribution in [0.1, 0.15) is 0 Å². The van der Waals surface area contributed by atoms with Crippen LogP contribution >= 0.6 is 11.8 Å². The molecular formula is C23H24N2O9S. The van der Waals surface area contributed by atoms with Gasteiger partial charge in [0.2, 0.25) is 11.5 Å². The van der Waals surface area contributed by atoms with Crippen molar-refractivity contribution in [3.05, 3.63) is 35.2 Å². The number of hydrogen-bond acceptors (Lipinski definition) is 10. The molecule has 0 aromatic heterocycles. The number of amides is 1. The summed E-state index contributed by atoms with van der Waals surface area (Å²) < 4.78 is 32.3. The topological polar surface area (TPSA) is 125 Å². The Kier molecular flexibility index (Phi) is 7.97. The highest BCUT2D eigenvalue weighted by atomic mass is 32.2. The highest BCUT2D eigenvalue weighted by Crippen LogP contribution is 2.46. The molecule has 1 aliphatic heterocycles. The van der Waals surface area contributed by atoms with Gasteiger partial charge < -0.3 is 33.5 Å². The maximum Gasteiger partial charge on any atom is 0.329 e. The second-order valence-electron chi connectivity index (χ2n) is 6.75. The minimum atomic E-state index is -1.26. The van der Waals surface area contributed by atoms with Crippen LogP contribution in [0, 0.1) is 0 Å². The Morgan fingerprint density at radius 3 is 1.69 bits per heavy atom. The lowest BCUT2D eigenvalue weighted by molar-refractivity contribution is -0.131. The Bertz CT molecular complexity index is 1160. The van der Waals surface area contributed by atoms with E-state index < -0.39 is 11.9 Å². The van der Waals surface area contributed by atoms with Crippen LogP contribution in [-0.2, 0) is 9.59 Å². The van der Waals surface area contributed by atoms with Crippen molar-refractivity contribution in [2.24, 2.45) is 4.99 Å². The molecule has 1 saturated heterocycles. The van der Waals surface area contributed by atoms with Gasteiger partial charge in [-0.2, -0.15) is 0 Å². The zero-order valence-electron chi connectivity index (χ0n) is 19.9. The third kappa shape index (κ3) is 5.06. The molecule has 0 spiro atoms. The smallest absolute Gasteiger partial charge is 0.329 e. The molecule has 1 heterocycles. The molecule has 0 saturated carbocycles. The van der Waals surface area contributed by atoms with E-state index in [-0.39, 0.29) is 10.1 Å². The number of anilines is 1. The number of ether oxygens (including phenoxy) is 6. The van der Waals surface area contributed by atoms with E-state index in [4.69, 9.17) is 28.4 Å². The van der Waals surface area contributed by atoms with E-state index in [1.54, 1.807) is 24.3 Å². The number of nitrogens with zero attached hydrogens (tertiary/aromatic N) is 2. The molecule has 3 rings (SSSR count). The van der Waals surface area contributed by atoms with E-state index in [2.05, 4.69) is 4.99 Å². The highest BCUT2D eigenvalue weighted by molar-refractivity contribution is 8.19. The zero-order valence-corrected chi connectivity index (χ0v) is 20.7. The quantitative estimate of drug-likeness (QED) is 0.507. The lowest BCUT2D eigenvalue weighted by Gasteiger charge is -2.20. The van der Waals surface area contributed by atoms with E-state index in [9.17, 15) is 14.7 Å². The SMILES string of the molecule is COc1cc(/N=C2/S/C(=C\C(=O)O)C(=O)N2c2cc(OC)c(OC)c(OC)c2)cc(OC)c1OC. The molecule has 0 atom stereocenters. The fourth-order valence-corrected chi connectivity index (χ4v) is 4.29. The van der Waals surface area contributed by atoms with Gasteiger partial charge in [0.15, 0.2) is 28.2 Å². The number of carboxylic acids is 1. The van der Waals surface area contributed by atoms with Crippen LogP contribution in [0.5, 0.6) is 34.5 Å². The standard InChI is InChI=1S/C23H24N2O9S/c1-29-14-7-12(8-15(30-2)20(14)33-5)24-23-25(22(28)18(35-23)11-19(26)27)13-9-16(31-3)21(34-6)17(10-13)32-4/h7-11H,1-6H3,(H,26,27)/b18-11-,24-23+. The molecule has 12 heteroatoms. The molecule has 1 aliphatic rings. The molecule has 11 nitrogen and oxygen atoms in total. The van der Waals surface area contributed by atoms with Crippen LogP contribution in [0.4, 0.5) is 11.4 Å². The Morgan fingerprint density at radius 2 is 1.29 bits per heavy atom. The van der Waals surface area contributed by atoms with Crippen molar-refractivity contribution in [1.29, 1.82) is 0 Å². The van der Waals surface area contributed by atoms with Gasteiger partial charge in [-0.3, -0.25) is 9.69 Å². The summed E-state index contributed by atoms with van der Waals surface area (Å²) in [7, 11) is 8.77. The van der Waals surface area contributed by atoms with E-state index in [1.165, 1.54) is 47.6 Å². The first-order valence-electron chi connectivity index (χ1n) is 9.97. The van der Waals surface area contributed by atoms with Gasteiger partial charge in [0.1, 0.15) is 0 Å². The second kappa shape index (κ2) is 10.9. The predicted octanol–water partition coefficient (Wildman–Crippen LogP) is 3.47. The first-order chi connectivity index (χ1) is 16.8. The van der Waals surface area contributed by atoms with Gasteiger partial charge in [-0.25, -0.2) is 9.79 Å². The lowest BCUT2D eigenvalue weighted by atomic mass is 10.2. The minimum Gasteiger partial charge on any atom is -0.493 e. The Labute approximate surface area is 205 Å². The summed E-state index contributed by atoms with van der Waals surface area (Å²) >= 11 is 0.900. The number of hydrogen-bond donors (Lipinski definition) is 1. The number of carbonyl (C=O) groups excluding carboxylic acids is 1. The summed E-state index contributed by atoms with van der Waals surface area (Å²) in [5, 5.41) is 9.43. The van der Waals surface area contributed by atoms with Crippen molar-refractivity contribution in [3.63, 3.8) is 0 Å². The van der Waals surface area contributed by atoms with Crippen LogP contribution in [-0.4, -0.2) is 64.8 Å². The molecule has 0 radical (unpaired) electrons. The molecule has 1 fully saturated rings. The minimum absolute atomic E-state index is 0.0301. The lowest BCUT2D eigenvalue weighted by Crippen LogP contribution is -2.29. The number of amidine groups is 1. The van der Waals surface area contributed by atoms with Crippen molar-refractivity contribution >= 4 is 40.2 Å². The number of rotatable bonds is 9. The third-order valence-corrected chi connectivity index (χ3v) is 5.81. The fourth-order valence-electron chi connectivity index (χ4n) is 3.33. The molecular weight excluding hydrogens is 480 g/mol. The average Bonchev–Trinajstić information content (AvgIpc) is 3.15. The van der Waals surface area contributed by atoms with E-state index in [0.717, 1.165) is 17.8 Å². The molecule has 2 aromatic rings. The Morgan fingerprint density at radius 1 is 0.829 bits per heavy atom. The molecule has 2 aromatic carbocycles. The second-order valence-corrected chi connectivity index (χ2v) is 7.76. The van der Waals surface area contributed by atoms with Gasteiger partial charge in [0.25, 0.3) is 5.91 Å². The number of aliphatic imine (C=N–C) groups is 1. The third-order valence-electron chi connectivity index (χ3n) is 4.84. The van der Waals surface area contributed by atoms with Crippen LogP contribution in [0.25, 0.3) is 0 Å². The number of methoxy groups -OCH3 is 6. The largest absolute Gasteiger partial charge is 0.493 e. The molecule has 0 bridgehead atoms. The van der Waals surface area contributed by atoms with Crippen molar-refractivity contribution in [3.8, 4) is 34.5 Å². The summed E-state index contributed by atoms with van der Waals surface area (Å²) in [5.74, 6) is 0.203. The number of aliphatic carboxylic acids is 1. The van der Waals surface area contributed by atoms with Gasteiger partial charge in [-0.15, -0.1) is 0 Å². The Balaban J connectivity index is 2.22. The van der Waals surface area contributed by atoms with Crippen LogP contribution in [0.2, 0.25) is 0 Å². The molecule has 1 amide bonds. The van der Waals surface area contributed by atoms with Crippen LogP contribution < -0.4 is 33.3 Å². The van der Waals surface area contributed by atoms with Gasteiger partial charge in [-0.1, -0.05) is 0 Å². The summed E-state index contributed by atoms with van der Waals surface area (Å²) in [5.41, 5.74) is 0.709. The van der Waals surface area contributed by atoms with Crippen molar-refractivity contribution in [1.82, 2.24) is 0 Å². The molecule has 0 aliphatic carbocycles. The summed E-state index contributed by atoms with van der Waals surface area (Å²) in [6.45, 7) is 0.